The number of hydrogen-bond donors (Lipinski definition) is 1. The monoisotopic (exact) mass is 486 g/mol. The normalized spacial score (nSPS) is 18.1. The van der Waals surface area contributed by atoms with E-state index in [4.69, 9.17) is 4.74 Å². The summed E-state index contributed by atoms with van der Waals surface area (Å²) in [6, 6.07) is 6.32. The number of anilines is 1. The zero-order chi connectivity index (χ0) is 22.2. The standard InChI is InChI=1S/C23H26N6O2S.ClH/c1-24-18-13-28(14-20(18)31-3)16-4-5-17-19(11-16)29(23-26-7-9-32-23)12-15(22(17)30)10-21-25-6-8-27(21)2;/h4-9,11-12,18,20,24H,10,13-14H2,1-3H3;1H/t18-,20-;/m0./s1. The van der Waals surface area contributed by atoms with E-state index in [1.54, 1.807) is 30.8 Å². The van der Waals surface area contributed by atoms with Crippen molar-refractivity contribution in [3.63, 3.8) is 0 Å². The first-order valence-corrected chi connectivity index (χ1v) is 11.5. The Bertz CT molecular complexity index is 1290. The van der Waals surface area contributed by atoms with Crippen LogP contribution in [-0.2, 0) is 18.2 Å². The summed E-state index contributed by atoms with van der Waals surface area (Å²) >= 11 is 1.55. The van der Waals surface area contributed by atoms with Gasteiger partial charge in [0.25, 0.3) is 0 Å². The van der Waals surface area contributed by atoms with E-state index in [1.807, 2.05) is 53.1 Å². The fraction of sp³-hybridized carbons (Fsp3) is 0.348. The summed E-state index contributed by atoms with van der Waals surface area (Å²) in [5.41, 5.74) is 2.66. The number of nitrogens with zero attached hydrogens (tertiary/aromatic N) is 5. The number of pyridine rings is 1. The van der Waals surface area contributed by atoms with Crippen molar-refractivity contribution >= 4 is 40.3 Å². The Morgan fingerprint density at radius 1 is 1.24 bits per heavy atom. The lowest BCUT2D eigenvalue weighted by molar-refractivity contribution is 0.0996. The molecule has 1 saturated heterocycles. The molecule has 1 fully saturated rings. The van der Waals surface area contributed by atoms with Gasteiger partial charge in [-0.3, -0.25) is 9.36 Å². The van der Waals surface area contributed by atoms with Crippen LogP contribution in [0.3, 0.4) is 0 Å². The second-order valence-corrected chi connectivity index (χ2v) is 8.95. The minimum atomic E-state index is 0. The molecule has 10 heteroatoms. The molecule has 3 aromatic heterocycles. The molecule has 33 heavy (non-hydrogen) atoms. The molecule has 1 N–H and O–H groups in total. The lowest BCUT2D eigenvalue weighted by Crippen LogP contribution is -2.37. The van der Waals surface area contributed by atoms with E-state index in [1.165, 1.54) is 0 Å². The van der Waals surface area contributed by atoms with E-state index < -0.39 is 0 Å². The average molecular weight is 487 g/mol. The van der Waals surface area contributed by atoms with E-state index in [0.29, 0.717) is 17.4 Å². The predicted octanol–water partition coefficient (Wildman–Crippen LogP) is 2.62. The summed E-state index contributed by atoms with van der Waals surface area (Å²) in [4.78, 5) is 24.6. The van der Waals surface area contributed by atoms with Crippen molar-refractivity contribution in [3.8, 4) is 5.13 Å². The third kappa shape index (κ3) is 4.29. The molecule has 4 aromatic rings. The van der Waals surface area contributed by atoms with Crippen molar-refractivity contribution in [1.29, 1.82) is 0 Å². The highest BCUT2D eigenvalue weighted by molar-refractivity contribution is 7.12. The van der Waals surface area contributed by atoms with Crippen LogP contribution < -0.4 is 15.6 Å². The first kappa shape index (κ1) is 23.4. The van der Waals surface area contributed by atoms with Crippen molar-refractivity contribution in [3.05, 3.63) is 70.0 Å². The number of aromatic nitrogens is 4. The van der Waals surface area contributed by atoms with Crippen molar-refractivity contribution in [2.24, 2.45) is 7.05 Å². The van der Waals surface area contributed by atoms with Gasteiger partial charge in [0.2, 0.25) is 0 Å². The highest BCUT2D eigenvalue weighted by Gasteiger charge is 2.32. The number of methoxy groups -OCH3 is 1. The molecule has 4 heterocycles. The number of benzene rings is 1. The Kier molecular flexibility index (Phi) is 6.85. The molecule has 0 bridgehead atoms. The second kappa shape index (κ2) is 9.64. The minimum absolute atomic E-state index is 0. The fourth-order valence-corrected chi connectivity index (χ4v) is 5.05. The summed E-state index contributed by atoms with van der Waals surface area (Å²) < 4.78 is 9.63. The van der Waals surface area contributed by atoms with Gasteiger partial charge in [0.1, 0.15) is 5.82 Å². The van der Waals surface area contributed by atoms with E-state index in [0.717, 1.165) is 35.2 Å². The second-order valence-electron chi connectivity index (χ2n) is 8.08. The van der Waals surface area contributed by atoms with Crippen LogP contribution in [0.5, 0.6) is 0 Å². The molecule has 1 aliphatic rings. The number of hydrogen-bond acceptors (Lipinski definition) is 7. The topological polar surface area (TPSA) is 77.2 Å². The van der Waals surface area contributed by atoms with E-state index in [9.17, 15) is 4.79 Å². The van der Waals surface area contributed by atoms with E-state index >= 15 is 0 Å². The number of thiazole rings is 1. The van der Waals surface area contributed by atoms with Gasteiger partial charge in [-0.05, 0) is 25.2 Å². The maximum atomic E-state index is 13.4. The van der Waals surface area contributed by atoms with Crippen LogP contribution in [0.2, 0.25) is 0 Å². The minimum Gasteiger partial charge on any atom is -0.378 e. The Labute approximate surface area is 202 Å². The Balaban J connectivity index is 0.00000259. The third-order valence-electron chi connectivity index (χ3n) is 6.26. The first-order chi connectivity index (χ1) is 15.6. The van der Waals surface area contributed by atoms with Gasteiger partial charge in [-0.25, -0.2) is 9.97 Å². The van der Waals surface area contributed by atoms with Crippen LogP contribution in [0, 0.1) is 0 Å². The Morgan fingerprint density at radius 2 is 2.09 bits per heavy atom. The molecule has 0 aliphatic carbocycles. The lowest BCUT2D eigenvalue weighted by Gasteiger charge is -2.20. The zero-order valence-corrected chi connectivity index (χ0v) is 20.4. The highest BCUT2D eigenvalue weighted by atomic mass is 35.5. The summed E-state index contributed by atoms with van der Waals surface area (Å²) in [7, 11) is 5.66. The highest BCUT2D eigenvalue weighted by Crippen LogP contribution is 2.28. The molecule has 0 amide bonds. The van der Waals surface area contributed by atoms with Crippen LogP contribution in [0.15, 0.2) is 53.2 Å². The van der Waals surface area contributed by atoms with Gasteiger partial charge in [0.05, 0.1) is 17.7 Å². The molecule has 8 nitrogen and oxygen atoms in total. The fourth-order valence-electron chi connectivity index (χ4n) is 4.42. The molecular formula is C23H27ClN6O2S. The van der Waals surface area contributed by atoms with Gasteiger partial charge in [-0.15, -0.1) is 23.7 Å². The largest absolute Gasteiger partial charge is 0.378 e. The smallest absolute Gasteiger partial charge is 0.193 e. The van der Waals surface area contributed by atoms with Crippen LogP contribution in [-0.4, -0.2) is 58.5 Å². The van der Waals surface area contributed by atoms with Gasteiger partial charge in [0, 0.05) is 80.5 Å². The van der Waals surface area contributed by atoms with Crippen LogP contribution in [0.4, 0.5) is 5.69 Å². The number of rotatable bonds is 6. The molecule has 0 saturated carbocycles. The van der Waals surface area contributed by atoms with Gasteiger partial charge >= 0.3 is 0 Å². The van der Waals surface area contributed by atoms with E-state index in [-0.39, 0.29) is 30.0 Å². The van der Waals surface area contributed by atoms with Gasteiger partial charge in [-0.1, -0.05) is 0 Å². The van der Waals surface area contributed by atoms with E-state index in [2.05, 4.69) is 26.3 Å². The SMILES string of the molecule is CN[C@H]1CN(c2ccc3c(=O)c(Cc4nccn4C)cn(-c4nccs4)c3c2)C[C@@H]1OC.Cl. The van der Waals surface area contributed by atoms with Gasteiger partial charge < -0.3 is 19.5 Å². The number of fused-ring (bicyclic) bond motifs is 1. The number of nitrogens with one attached hydrogen (secondary N) is 1. The van der Waals surface area contributed by atoms with Crippen molar-refractivity contribution in [2.75, 3.05) is 32.1 Å². The number of imidazole rings is 1. The molecule has 5 rings (SSSR count). The van der Waals surface area contributed by atoms with Crippen LogP contribution in [0.1, 0.15) is 11.4 Å². The molecule has 0 radical (unpaired) electrons. The molecule has 2 atom stereocenters. The van der Waals surface area contributed by atoms with Crippen molar-refractivity contribution < 1.29 is 4.74 Å². The van der Waals surface area contributed by atoms with Gasteiger partial charge in [-0.2, -0.15) is 0 Å². The maximum Gasteiger partial charge on any atom is 0.193 e. The first-order valence-electron chi connectivity index (χ1n) is 10.6. The van der Waals surface area contributed by atoms with Crippen LogP contribution in [0.25, 0.3) is 16.0 Å². The summed E-state index contributed by atoms with van der Waals surface area (Å²) in [6.45, 7) is 1.64. The number of aryl methyl sites for hydroxylation is 1. The Hall–Kier alpha value is -2.72. The molecule has 174 valence electrons. The molecular weight excluding hydrogens is 460 g/mol. The predicted molar refractivity (Wildman–Crippen MR) is 134 cm³/mol. The van der Waals surface area contributed by atoms with Crippen molar-refractivity contribution in [1.82, 2.24) is 24.4 Å². The van der Waals surface area contributed by atoms with Crippen molar-refractivity contribution in [2.45, 2.75) is 18.6 Å². The lowest BCUT2D eigenvalue weighted by atomic mass is 10.1. The third-order valence-corrected chi connectivity index (χ3v) is 7.03. The average Bonchev–Trinajstić information content (AvgIpc) is 3.56. The molecule has 1 aromatic carbocycles. The summed E-state index contributed by atoms with van der Waals surface area (Å²) in [5, 5.41) is 6.80. The summed E-state index contributed by atoms with van der Waals surface area (Å²) in [5.74, 6) is 0.851. The van der Waals surface area contributed by atoms with Crippen LogP contribution >= 0.6 is 23.7 Å². The molecule has 0 spiro atoms. The van der Waals surface area contributed by atoms with Gasteiger partial charge in [0.15, 0.2) is 10.6 Å². The summed E-state index contributed by atoms with van der Waals surface area (Å²) in [6.07, 6.45) is 7.94. The molecule has 0 unspecified atom stereocenters. The quantitative estimate of drug-likeness (QED) is 0.451. The molecule has 1 aliphatic heterocycles. The number of halogens is 1. The number of likely N-dealkylation sites (N-methyl/N-ethyl adjacent to an activating group) is 1. The zero-order valence-electron chi connectivity index (χ0n) is 18.8. The Morgan fingerprint density at radius 3 is 2.73 bits per heavy atom. The number of ether oxygens (including phenoxy) is 1. The maximum absolute atomic E-state index is 13.4.